The minimum absolute atomic E-state index is 0.00192. The topological polar surface area (TPSA) is 57.6 Å². The minimum Gasteiger partial charge on any atom is -0.481 e. The van der Waals surface area contributed by atoms with Gasteiger partial charge in [0.25, 0.3) is 0 Å². The summed E-state index contributed by atoms with van der Waals surface area (Å²) in [6, 6.07) is 6.19. The number of carboxylic acids is 1. The van der Waals surface area contributed by atoms with Crippen LogP contribution in [0.1, 0.15) is 12.5 Å². The second-order valence-corrected chi connectivity index (χ2v) is 4.95. The number of hydrogen-bond donors (Lipinski definition) is 1. The van der Waals surface area contributed by atoms with Gasteiger partial charge in [-0.15, -0.1) is 0 Å². The smallest absolute Gasteiger partial charge is 0.306 e. The van der Waals surface area contributed by atoms with Crippen molar-refractivity contribution in [1.82, 2.24) is 4.90 Å². The second-order valence-electron chi connectivity index (χ2n) is 4.95. The number of aliphatic carboxylic acids is 1. The molecule has 0 bridgehead atoms. The van der Waals surface area contributed by atoms with Crippen molar-refractivity contribution in [3.05, 3.63) is 35.6 Å². The molecule has 1 amide bonds. The Morgan fingerprint density at radius 3 is 2.63 bits per heavy atom. The second kappa shape index (κ2) is 5.38. The molecular weight excluding hydrogens is 249 g/mol. The lowest BCUT2D eigenvalue weighted by Gasteiger charge is -2.41. The molecule has 0 spiro atoms. The third kappa shape index (κ3) is 2.92. The molecule has 4 nitrogen and oxygen atoms in total. The van der Waals surface area contributed by atoms with E-state index in [4.69, 9.17) is 5.11 Å². The summed E-state index contributed by atoms with van der Waals surface area (Å²) in [7, 11) is 0. The number of hydrogen-bond acceptors (Lipinski definition) is 2. The SMILES string of the molecule is CC(C(=O)O)C1CN(C(=O)Cc2ccccc2F)C1. The lowest BCUT2D eigenvalue weighted by Crippen LogP contribution is -2.53. The van der Waals surface area contributed by atoms with Crippen molar-refractivity contribution in [1.29, 1.82) is 0 Å². The van der Waals surface area contributed by atoms with Crippen molar-refractivity contribution in [2.45, 2.75) is 13.3 Å². The van der Waals surface area contributed by atoms with Gasteiger partial charge in [0.15, 0.2) is 0 Å². The molecule has 1 aliphatic rings. The van der Waals surface area contributed by atoms with Crippen molar-refractivity contribution in [3.63, 3.8) is 0 Å². The van der Waals surface area contributed by atoms with E-state index in [1.165, 1.54) is 6.07 Å². The standard InChI is InChI=1S/C14H16FNO3/c1-9(14(18)19)11-7-16(8-11)13(17)6-10-4-2-3-5-12(10)15/h2-5,9,11H,6-8H2,1H3,(H,18,19). The zero-order valence-electron chi connectivity index (χ0n) is 10.7. The molecule has 1 N–H and O–H groups in total. The largest absolute Gasteiger partial charge is 0.481 e. The Morgan fingerprint density at radius 2 is 2.05 bits per heavy atom. The summed E-state index contributed by atoms with van der Waals surface area (Å²) < 4.78 is 13.4. The predicted octanol–water partition coefficient (Wildman–Crippen LogP) is 1.55. The molecule has 1 fully saturated rings. The van der Waals surface area contributed by atoms with E-state index in [1.54, 1.807) is 30.0 Å². The molecule has 2 rings (SSSR count). The average molecular weight is 265 g/mol. The Balaban J connectivity index is 1.87. The molecule has 1 heterocycles. The highest BCUT2D eigenvalue weighted by Gasteiger charge is 2.36. The molecule has 1 saturated heterocycles. The molecule has 1 atom stereocenters. The molecule has 102 valence electrons. The molecule has 0 saturated carbocycles. The van der Waals surface area contributed by atoms with Crippen molar-refractivity contribution < 1.29 is 19.1 Å². The third-order valence-electron chi connectivity index (χ3n) is 3.66. The number of halogens is 1. The number of carbonyl (C=O) groups is 2. The van der Waals surface area contributed by atoms with E-state index < -0.39 is 11.9 Å². The van der Waals surface area contributed by atoms with Crippen LogP contribution in [0.5, 0.6) is 0 Å². The lowest BCUT2D eigenvalue weighted by atomic mass is 9.86. The van der Waals surface area contributed by atoms with Crippen molar-refractivity contribution in [3.8, 4) is 0 Å². The number of carboxylic acid groups (broad SMARTS) is 1. The predicted molar refractivity (Wildman–Crippen MR) is 67.0 cm³/mol. The van der Waals surface area contributed by atoms with Gasteiger partial charge in [-0.25, -0.2) is 4.39 Å². The number of likely N-dealkylation sites (tertiary alicyclic amines) is 1. The first-order valence-electron chi connectivity index (χ1n) is 6.23. The van der Waals surface area contributed by atoms with Crippen LogP contribution in [0.25, 0.3) is 0 Å². The summed E-state index contributed by atoms with van der Waals surface area (Å²) in [6.07, 6.45) is 0.0286. The van der Waals surface area contributed by atoms with Crippen LogP contribution in [0, 0.1) is 17.7 Å². The minimum atomic E-state index is -0.841. The van der Waals surface area contributed by atoms with Crippen LogP contribution >= 0.6 is 0 Å². The Labute approximate surface area is 110 Å². The van der Waals surface area contributed by atoms with Gasteiger partial charge in [-0.3, -0.25) is 9.59 Å². The molecule has 0 aliphatic carbocycles. The van der Waals surface area contributed by atoms with Gasteiger partial charge in [-0.2, -0.15) is 0 Å². The van der Waals surface area contributed by atoms with Crippen molar-refractivity contribution in [2.75, 3.05) is 13.1 Å². The van der Waals surface area contributed by atoms with E-state index in [1.807, 2.05) is 0 Å². The maximum Gasteiger partial charge on any atom is 0.306 e. The lowest BCUT2D eigenvalue weighted by molar-refractivity contribution is -0.150. The molecule has 1 aromatic rings. The van der Waals surface area contributed by atoms with Gasteiger partial charge in [0.05, 0.1) is 12.3 Å². The van der Waals surface area contributed by atoms with Crippen LogP contribution in [-0.4, -0.2) is 35.0 Å². The Kier molecular flexibility index (Phi) is 3.83. The van der Waals surface area contributed by atoms with Crippen molar-refractivity contribution in [2.24, 2.45) is 11.8 Å². The molecule has 1 aliphatic heterocycles. The first-order chi connectivity index (χ1) is 8.99. The first kappa shape index (κ1) is 13.5. The van der Waals surface area contributed by atoms with Gasteiger partial charge >= 0.3 is 5.97 Å². The molecule has 0 aromatic heterocycles. The fraction of sp³-hybridized carbons (Fsp3) is 0.429. The highest BCUT2D eigenvalue weighted by molar-refractivity contribution is 5.80. The number of benzene rings is 1. The highest BCUT2D eigenvalue weighted by Crippen LogP contribution is 2.24. The molecular formula is C14H16FNO3. The van der Waals surface area contributed by atoms with Gasteiger partial charge in [0.1, 0.15) is 5.82 Å². The van der Waals surface area contributed by atoms with Crippen LogP contribution < -0.4 is 0 Å². The summed E-state index contributed by atoms with van der Waals surface area (Å²) in [4.78, 5) is 24.3. The zero-order chi connectivity index (χ0) is 14.0. The monoisotopic (exact) mass is 265 g/mol. The summed E-state index contributed by atoms with van der Waals surface area (Å²) in [5.41, 5.74) is 0.377. The number of carbonyl (C=O) groups excluding carboxylic acids is 1. The quantitative estimate of drug-likeness (QED) is 0.898. The Hall–Kier alpha value is -1.91. The van der Waals surface area contributed by atoms with E-state index in [-0.39, 0.29) is 24.1 Å². The van der Waals surface area contributed by atoms with E-state index in [9.17, 15) is 14.0 Å². The first-order valence-corrected chi connectivity index (χ1v) is 6.23. The fourth-order valence-corrected chi connectivity index (χ4v) is 2.15. The Bertz CT molecular complexity index is 497. The summed E-state index contributed by atoms with van der Waals surface area (Å²) >= 11 is 0. The van der Waals surface area contributed by atoms with Gasteiger partial charge in [-0.05, 0) is 11.6 Å². The van der Waals surface area contributed by atoms with Gasteiger partial charge in [-0.1, -0.05) is 25.1 Å². The van der Waals surface area contributed by atoms with Crippen LogP contribution in [-0.2, 0) is 16.0 Å². The summed E-state index contributed by atoms with van der Waals surface area (Å²) in [6.45, 7) is 2.53. The van der Waals surface area contributed by atoms with Gasteiger partial charge in [0, 0.05) is 19.0 Å². The zero-order valence-corrected chi connectivity index (χ0v) is 10.7. The molecule has 19 heavy (non-hydrogen) atoms. The van der Waals surface area contributed by atoms with Crippen LogP contribution in [0.2, 0.25) is 0 Å². The Morgan fingerprint density at radius 1 is 1.42 bits per heavy atom. The third-order valence-corrected chi connectivity index (χ3v) is 3.66. The fourth-order valence-electron chi connectivity index (χ4n) is 2.15. The van der Waals surface area contributed by atoms with Crippen LogP contribution in [0.15, 0.2) is 24.3 Å². The highest BCUT2D eigenvalue weighted by atomic mass is 19.1. The average Bonchev–Trinajstić information content (AvgIpc) is 2.30. The normalized spacial score (nSPS) is 16.8. The molecule has 0 radical (unpaired) electrons. The van der Waals surface area contributed by atoms with Crippen LogP contribution in [0.3, 0.4) is 0 Å². The van der Waals surface area contributed by atoms with E-state index in [2.05, 4.69) is 0 Å². The number of rotatable bonds is 4. The van der Waals surface area contributed by atoms with Crippen molar-refractivity contribution >= 4 is 11.9 Å². The maximum atomic E-state index is 13.4. The van der Waals surface area contributed by atoms with Gasteiger partial charge < -0.3 is 10.0 Å². The molecule has 1 aromatic carbocycles. The molecule has 1 unspecified atom stereocenters. The molecule has 5 heteroatoms. The maximum absolute atomic E-state index is 13.4. The van der Waals surface area contributed by atoms with E-state index >= 15 is 0 Å². The van der Waals surface area contributed by atoms with E-state index in [0.717, 1.165) is 0 Å². The summed E-state index contributed by atoms with van der Waals surface area (Å²) in [5.74, 6) is -1.82. The summed E-state index contributed by atoms with van der Waals surface area (Å²) in [5, 5.41) is 8.86. The number of amides is 1. The van der Waals surface area contributed by atoms with E-state index in [0.29, 0.717) is 18.7 Å². The van der Waals surface area contributed by atoms with Gasteiger partial charge in [0.2, 0.25) is 5.91 Å². The number of nitrogens with zero attached hydrogens (tertiary/aromatic N) is 1. The van der Waals surface area contributed by atoms with Crippen LogP contribution in [0.4, 0.5) is 4.39 Å².